The molecule has 2 fully saturated rings. The van der Waals surface area contributed by atoms with Gasteiger partial charge in [-0.25, -0.2) is 14.8 Å². The van der Waals surface area contributed by atoms with Crippen LogP contribution in [-0.4, -0.2) is 85.4 Å². The number of rotatable bonds is 10. The van der Waals surface area contributed by atoms with Crippen molar-refractivity contribution in [3.8, 4) is 11.3 Å². The van der Waals surface area contributed by atoms with E-state index in [9.17, 15) is 14.4 Å². The van der Waals surface area contributed by atoms with Crippen LogP contribution in [0.1, 0.15) is 99.3 Å². The molecular formula is C43H52N12O4. The summed E-state index contributed by atoms with van der Waals surface area (Å²) in [6.45, 7) is 17.3. The van der Waals surface area contributed by atoms with Gasteiger partial charge in [-0.2, -0.15) is 10.1 Å². The monoisotopic (exact) mass is 800 g/mol. The Balaban J connectivity index is 0.843. The summed E-state index contributed by atoms with van der Waals surface area (Å²) < 4.78 is 7.33. The molecule has 2 atom stereocenters. The van der Waals surface area contributed by atoms with Gasteiger partial charge in [0.15, 0.2) is 11.6 Å². The van der Waals surface area contributed by atoms with E-state index in [1.54, 1.807) is 11.2 Å². The molecule has 2 aromatic carbocycles. The number of anilines is 4. The second kappa shape index (κ2) is 16.2. The Labute approximate surface area is 343 Å². The smallest absolute Gasteiger partial charge is 0.328 e. The number of nitrogens with one attached hydrogen (secondary N) is 3. The van der Waals surface area contributed by atoms with Crippen molar-refractivity contribution in [2.45, 2.75) is 84.8 Å². The number of aryl methyl sites for hydroxylation is 1. The van der Waals surface area contributed by atoms with Gasteiger partial charge < -0.3 is 20.1 Å². The third-order valence-corrected chi connectivity index (χ3v) is 11.7. The summed E-state index contributed by atoms with van der Waals surface area (Å²) in [6, 6.07) is 17.8. The largest absolute Gasteiger partial charge is 0.372 e. The molecule has 0 saturated carbocycles. The van der Waals surface area contributed by atoms with E-state index < -0.39 is 5.91 Å². The molecule has 59 heavy (non-hydrogen) atoms. The number of hydrogen-bond acceptors (Lipinski definition) is 12. The minimum atomic E-state index is -0.413. The second-order valence-electron chi connectivity index (χ2n) is 16.9. The molecule has 16 heteroatoms. The number of benzene rings is 2. The number of fused-ring (bicyclic) bond motifs is 1. The lowest BCUT2D eigenvalue weighted by atomic mass is 9.94. The lowest BCUT2D eigenvalue weighted by molar-refractivity contribution is -0.120. The molecule has 4 amide bonds. The number of imide groups is 1. The highest BCUT2D eigenvalue weighted by Gasteiger charge is 2.30. The van der Waals surface area contributed by atoms with Crippen LogP contribution in [0.2, 0.25) is 0 Å². The predicted octanol–water partition coefficient (Wildman–Crippen LogP) is 6.30. The van der Waals surface area contributed by atoms with Crippen LogP contribution in [0.4, 0.5) is 27.8 Å². The molecular weight excluding hydrogens is 749 g/mol. The number of urea groups is 1. The van der Waals surface area contributed by atoms with Crippen LogP contribution in [0.3, 0.4) is 0 Å². The standard InChI is InChI=1S/C43H52N12O4/c1-26-21-30(7-12-33(26)27(2)46-39(57)40-49-41(51-59-40)43(4,5)6)34-22-36(45-25-44-34)47-37-23-35-28(3)53(19-20-55(35)50-37)24-29-13-16-52(17-14-29)31-8-10-32(11-9-31)54-18-15-38(56)48-42(54)58/h7-12,21-23,25,27-29H,13-20,24H2,1-6H3,(H,46,57)(H,48,56,58)(H,44,45,47,50)/t27-,28+/m1/s1. The minimum Gasteiger partial charge on any atom is -0.372 e. The summed E-state index contributed by atoms with van der Waals surface area (Å²) in [7, 11) is 0. The number of amides is 4. The number of carbonyl (C=O) groups excluding carboxylic acids is 3. The van der Waals surface area contributed by atoms with Crippen molar-refractivity contribution < 1.29 is 18.9 Å². The van der Waals surface area contributed by atoms with Crippen LogP contribution in [0.15, 0.2) is 65.4 Å². The SMILES string of the molecule is Cc1cc(-c2cc(Nc3cc4n(n3)CCN(CC3CCN(c5ccc(N6CCC(=O)NC6=O)cc5)CC3)[C@H]4C)ncn2)ccc1[C@@H](C)NC(=O)c1nc(C(C)(C)C)no1. The van der Waals surface area contributed by atoms with Crippen molar-refractivity contribution in [1.82, 2.24) is 45.4 Å². The van der Waals surface area contributed by atoms with Gasteiger partial charge in [0.05, 0.1) is 24.0 Å². The molecule has 308 valence electrons. The molecule has 0 bridgehead atoms. The Morgan fingerprint density at radius 1 is 0.949 bits per heavy atom. The van der Waals surface area contributed by atoms with Gasteiger partial charge in [0, 0.05) is 79.7 Å². The van der Waals surface area contributed by atoms with Crippen molar-refractivity contribution in [2.24, 2.45) is 5.92 Å². The summed E-state index contributed by atoms with van der Waals surface area (Å²) in [5.41, 5.74) is 6.50. The zero-order valence-corrected chi connectivity index (χ0v) is 34.5. The zero-order chi connectivity index (χ0) is 41.4. The van der Waals surface area contributed by atoms with Gasteiger partial charge in [-0.05, 0) is 81.0 Å². The Kier molecular flexibility index (Phi) is 10.9. The number of piperidine rings is 1. The number of carbonyl (C=O) groups is 3. The minimum absolute atomic E-state index is 0.0515. The average molecular weight is 801 g/mol. The summed E-state index contributed by atoms with van der Waals surface area (Å²) >= 11 is 0. The number of hydrogen-bond donors (Lipinski definition) is 3. The Bertz CT molecular complexity index is 2340. The fourth-order valence-electron chi connectivity index (χ4n) is 8.21. The summed E-state index contributed by atoms with van der Waals surface area (Å²) in [5, 5.41) is 17.6. The van der Waals surface area contributed by atoms with Crippen molar-refractivity contribution in [3.63, 3.8) is 0 Å². The van der Waals surface area contributed by atoms with E-state index in [1.165, 1.54) is 5.69 Å². The molecule has 6 heterocycles. The fourth-order valence-corrected chi connectivity index (χ4v) is 8.21. The van der Waals surface area contributed by atoms with Crippen molar-refractivity contribution >= 4 is 40.9 Å². The van der Waals surface area contributed by atoms with E-state index in [2.05, 4.69) is 81.7 Å². The first-order valence-corrected chi connectivity index (χ1v) is 20.4. The van der Waals surface area contributed by atoms with Crippen LogP contribution in [0.25, 0.3) is 11.3 Å². The third-order valence-electron chi connectivity index (χ3n) is 11.7. The third kappa shape index (κ3) is 8.67. The van der Waals surface area contributed by atoms with Crippen LogP contribution in [-0.2, 0) is 16.8 Å². The van der Waals surface area contributed by atoms with Crippen molar-refractivity contribution in [1.29, 1.82) is 0 Å². The summed E-state index contributed by atoms with van der Waals surface area (Å²) in [6.07, 6.45) is 4.10. The van der Waals surface area contributed by atoms with E-state index >= 15 is 0 Å². The molecule has 0 spiro atoms. The highest BCUT2D eigenvalue weighted by molar-refractivity contribution is 6.05. The summed E-state index contributed by atoms with van der Waals surface area (Å²) in [5.74, 6) is 1.80. The molecule has 2 saturated heterocycles. The van der Waals surface area contributed by atoms with Crippen LogP contribution in [0, 0.1) is 12.8 Å². The Morgan fingerprint density at radius 2 is 1.71 bits per heavy atom. The highest BCUT2D eigenvalue weighted by atomic mass is 16.5. The first-order chi connectivity index (χ1) is 28.3. The van der Waals surface area contributed by atoms with E-state index in [1.807, 2.05) is 65.0 Å². The fraction of sp³-hybridized carbons (Fsp3) is 0.442. The van der Waals surface area contributed by atoms with E-state index in [0.717, 1.165) is 85.1 Å². The zero-order valence-electron chi connectivity index (χ0n) is 34.5. The summed E-state index contributed by atoms with van der Waals surface area (Å²) in [4.78, 5) is 56.6. The van der Waals surface area contributed by atoms with E-state index in [-0.39, 0.29) is 35.3 Å². The molecule has 3 aliphatic heterocycles. The van der Waals surface area contributed by atoms with Gasteiger partial charge >= 0.3 is 17.8 Å². The molecule has 3 aromatic heterocycles. The molecule has 16 nitrogen and oxygen atoms in total. The Hall–Kier alpha value is -6.16. The first-order valence-electron chi connectivity index (χ1n) is 20.4. The second-order valence-corrected chi connectivity index (χ2v) is 16.9. The van der Waals surface area contributed by atoms with Gasteiger partial charge in [-0.15, -0.1) is 0 Å². The van der Waals surface area contributed by atoms with Crippen molar-refractivity contribution in [3.05, 3.63) is 89.5 Å². The highest BCUT2D eigenvalue weighted by Crippen LogP contribution is 2.33. The van der Waals surface area contributed by atoms with E-state index in [4.69, 9.17) is 9.62 Å². The molecule has 5 aromatic rings. The maximum Gasteiger partial charge on any atom is 0.328 e. The molecule has 0 unspecified atom stereocenters. The molecule has 0 aliphatic carbocycles. The van der Waals surface area contributed by atoms with Gasteiger partial charge in [-0.1, -0.05) is 38.1 Å². The van der Waals surface area contributed by atoms with Crippen LogP contribution in [0.5, 0.6) is 0 Å². The van der Waals surface area contributed by atoms with E-state index in [0.29, 0.717) is 30.5 Å². The maximum atomic E-state index is 12.9. The molecule has 3 aliphatic rings. The molecule has 8 rings (SSSR count). The average Bonchev–Trinajstić information content (AvgIpc) is 3.89. The molecule has 0 radical (unpaired) electrons. The van der Waals surface area contributed by atoms with Gasteiger partial charge in [-0.3, -0.25) is 29.4 Å². The van der Waals surface area contributed by atoms with Gasteiger partial charge in [0.25, 0.3) is 0 Å². The Morgan fingerprint density at radius 3 is 2.42 bits per heavy atom. The number of aromatic nitrogens is 6. The lowest BCUT2D eigenvalue weighted by Gasteiger charge is -2.39. The first kappa shape index (κ1) is 39.7. The quantitative estimate of drug-likeness (QED) is 0.144. The predicted molar refractivity (Wildman–Crippen MR) is 223 cm³/mol. The lowest BCUT2D eigenvalue weighted by Crippen LogP contribution is -2.49. The maximum absolute atomic E-state index is 12.9. The topological polar surface area (TPSA) is 180 Å². The van der Waals surface area contributed by atoms with Crippen LogP contribution >= 0.6 is 0 Å². The van der Waals surface area contributed by atoms with Gasteiger partial charge in [0.1, 0.15) is 12.1 Å². The van der Waals surface area contributed by atoms with Gasteiger partial charge in [0.2, 0.25) is 5.91 Å². The molecule has 3 N–H and O–H groups in total. The van der Waals surface area contributed by atoms with Crippen LogP contribution < -0.4 is 25.8 Å². The number of nitrogens with zero attached hydrogens (tertiary/aromatic N) is 9. The normalized spacial score (nSPS) is 18.4. The van der Waals surface area contributed by atoms with Crippen molar-refractivity contribution in [2.75, 3.05) is 47.8 Å².